The Morgan fingerprint density at radius 3 is 2.63 bits per heavy atom. The summed E-state index contributed by atoms with van der Waals surface area (Å²) in [5, 5.41) is 21.2. The van der Waals surface area contributed by atoms with Crippen molar-refractivity contribution in [2.24, 2.45) is 34.5 Å². The van der Waals surface area contributed by atoms with Crippen LogP contribution < -0.4 is 0 Å². The fraction of sp³-hybridized carbons (Fsp3) is 0.828. The van der Waals surface area contributed by atoms with Crippen molar-refractivity contribution in [1.29, 1.82) is 0 Å². The van der Waals surface area contributed by atoms with Crippen molar-refractivity contribution in [1.82, 2.24) is 0 Å². The van der Waals surface area contributed by atoms with Crippen molar-refractivity contribution in [3.63, 3.8) is 0 Å². The van der Waals surface area contributed by atoms with Gasteiger partial charge in [0.05, 0.1) is 12.2 Å². The molecule has 5 aliphatic rings. The van der Waals surface area contributed by atoms with Crippen molar-refractivity contribution in [2.75, 3.05) is 0 Å². The summed E-state index contributed by atoms with van der Waals surface area (Å²) in [6.45, 7) is 12.2. The molecule has 2 N–H and O–H groups in total. The number of allylic oxidation sites excluding steroid dienone is 2. The number of ether oxygens (including phenoxy) is 3. The summed E-state index contributed by atoms with van der Waals surface area (Å²) in [4.78, 5) is 11.4. The van der Waals surface area contributed by atoms with E-state index in [1.807, 2.05) is 0 Å². The van der Waals surface area contributed by atoms with Crippen molar-refractivity contribution in [3.8, 4) is 0 Å². The van der Waals surface area contributed by atoms with E-state index < -0.39 is 36.7 Å². The first-order valence-corrected chi connectivity index (χ1v) is 13.7. The maximum Gasteiger partial charge on any atom is 0.303 e. The van der Waals surface area contributed by atoms with Gasteiger partial charge in [-0.15, -0.1) is 6.58 Å². The summed E-state index contributed by atoms with van der Waals surface area (Å²) in [5.74, 6) is 2.45. The number of carbonyl (C=O) groups is 1. The maximum absolute atomic E-state index is 11.4. The number of carbonyl (C=O) groups excluding carboxylic acids is 1. The maximum atomic E-state index is 11.4. The van der Waals surface area contributed by atoms with Crippen LogP contribution in [0, 0.1) is 34.5 Å². The van der Waals surface area contributed by atoms with Crippen LogP contribution in [-0.2, 0) is 19.0 Å². The highest BCUT2D eigenvalue weighted by Gasteiger charge is 2.58. The molecule has 3 saturated carbocycles. The molecule has 12 atom stereocenters. The average Bonchev–Trinajstić information content (AvgIpc) is 3.16. The molecule has 5 rings (SSSR count). The molecule has 5 unspecified atom stereocenters. The molecular formula is C29H44O6. The van der Waals surface area contributed by atoms with Gasteiger partial charge >= 0.3 is 5.97 Å². The molecule has 0 aromatic rings. The molecule has 0 spiro atoms. The van der Waals surface area contributed by atoms with E-state index in [1.54, 1.807) is 6.92 Å². The van der Waals surface area contributed by atoms with Gasteiger partial charge in [0.15, 0.2) is 12.4 Å². The van der Waals surface area contributed by atoms with Crippen molar-refractivity contribution in [3.05, 3.63) is 24.3 Å². The molecule has 4 aliphatic carbocycles. The van der Waals surface area contributed by atoms with Gasteiger partial charge in [-0.2, -0.15) is 0 Å². The highest BCUT2D eigenvalue weighted by Crippen LogP contribution is 2.66. The molecule has 6 nitrogen and oxygen atoms in total. The monoisotopic (exact) mass is 488 g/mol. The molecule has 6 heteroatoms. The lowest BCUT2D eigenvalue weighted by Crippen LogP contribution is -2.59. The number of aliphatic hydroxyl groups is 2. The number of aliphatic hydroxyl groups excluding tert-OH is 2. The Morgan fingerprint density at radius 1 is 1.14 bits per heavy atom. The lowest BCUT2D eigenvalue weighted by atomic mass is 9.47. The fourth-order valence-electron chi connectivity index (χ4n) is 8.83. The fourth-order valence-corrected chi connectivity index (χ4v) is 8.83. The van der Waals surface area contributed by atoms with Crippen LogP contribution in [0.25, 0.3) is 0 Å². The van der Waals surface area contributed by atoms with Crippen molar-refractivity contribution in [2.45, 2.75) is 116 Å². The summed E-state index contributed by atoms with van der Waals surface area (Å²) >= 11 is 0. The van der Waals surface area contributed by atoms with E-state index in [0.717, 1.165) is 43.4 Å². The molecule has 1 aliphatic heterocycles. The summed E-state index contributed by atoms with van der Waals surface area (Å²) in [7, 11) is 0. The second-order valence-electron chi connectivity index (χ2n) is 12.5. The zero-order valence-electron chi connectivity index (χ0n) is 21.8. The molecule has 0 aromatic heterocycles. The highest BCUT2D eigenvalue weighted by atomic mass is 16.7. The summed E-state index contributed by atoms with van der Waals surface area (Å²) in [6, 6.07) is 0. The average molecular weight is 489 g/mol. The molecule has 196 valence electrons. The quantitative estimate of drug-likeness (QED) is 0.447. The van der Waals surface area contributed by atoms with Gasteiger partial charge in [-0.1, -0.05) is 31.6 Å². The predicted octanol–water partition coefficient (Wildman–Crippen LogP) is 4.53. The molecular weight excluding hydrogens is 444 g/mol. The van der Waals surface area contributed by atoms with E-state index in [2.05, 4.69) is 32.6 Å². The van der Waals surface area contributed by atoms with E-state index >= 15 is 0 Å². The summed E-state index contributed by atoms with van der Waals surface area (Å²) < 4.78 is 17.3. The third kappa shape index (κ3) is 4.13. The molecule has 0 bridgehead atoms. The van der Waals surface area contributed by atoms with Gasteiger partial charge in [-0.25, -0.2) is 0 Å². The minimum absolute atomic E-state index is 0.0549. The Balaban J connectivity index is 1.26. The number of hydrogen-bond donors (Lipinski definition) is 2. The van der Waals surface area contributed by atoms with Crippen LogP contribution >= 0.6 is 0 Å². The Kier molecular flexibility index (Phi) is 6.74. The second-order valence-corrected chi connectivity index (χ2v) is 12.5. The number of esters is 1. The van der Waals surface area contributed by atoms with E-state index in [0.29, 0.717) is 11.3 Å². The second kappa shape index (κ2) is 9.27. The Bertz CT molecular complexity index is 869. The zero-order chi connectivity index (χ0) is 25.1. The van der Waals surface area contributed by atoms with E-state index in [4.69, 9.17) is 14.2 Å². The molecule has 0 radical (unpaired) electrons. The molecule has 0 amide bonds. The van der Waals surface area contributed by atoms with Crippen LogP contribution in [0.15, 0.2) is 24.3 Å². The van der Waals surface area contributed by atoms with Gasteiger partial charge < -0.3 is 24.4 Å². The molecule has 1 saturated heterocycles. The van der Waals surface area contributed by atoms with Gasteiger partial charge in [-0.05, 0) is 92.8 Å². The van der Waals surface area contributed by atoms with Crippen LogP contribution in [0.2, 0.25) is 0 Å². The Hall–Kier alpha value is -1.21. The topological polar surface area (TPSA) is 85.2 Å². The van der Waals surface area contributed by atoms with Crippen LogP contribution in [-0.4, -0.2) is 53.0 Å². The minimum Gasteiger partial charge on any atom is -0.457 e. The van der Waals surface area contributed by atoms with Gasteiger partial charge in [0, 0.05) is 6.92 Å². The Labute approximate surface area is 210 Å². The normalized spacial score (nSPS) is 51.4. The third-order valence-electron chi connectivity index (χ3n) is 10.8. The van der Waals surface area contributed by atoms with Crippen LogP contribution in [0.5, 0.6) is 0 Å². The zero-order valence-corrected chi connectivity index (χ0v) is 21.8. The van der Waals surface area contributed by atoms with Gasteiger partial charge in [-0.3, -0.25) is 4.79 Å². The SMILES string of the molecule is C=C[C@H]1CC[C@H]2[C@@H]3CC=C4C[C@@H](OC5OC(C)C(OC(C)=O)C(O)C5O)CC[C@]4(C)[C@H]3CC[C@]12C. The van der Waals surface area contributed by atoms with Crippen LogP contribution in [0.3, 0.4) is 0 Å². The first-order valence-electron chi connectivity index (χ1n) is 13.7. The number of rotatable bonds is 4. The van der Waals surface area contributed by atoms with Gasteiger partial charge in [0.1, 0.15) is 12.2 Å². The number of fused-ring (bicyclic) bond motifs is 5. The highest BCUT2D eigenvalue weighted by molar-refractivity contribution is 5.66. The third-order valence-corrected chi connectivity index (χ3v) is 10.8. The minimum atomic E-state index is -1.26. The molecule has 35 heavy (non-hydrogen) atoms. The van der Waals surface area contributed by atoms with Crippen LogP contribution in [0.4, 0.5) is 0 Å². The predicted molar refractivity (Wildman–Crippen MR) is 132 cm³/mol. The smallest absolute Gasteiger partial charge is 0.303 e. The first kappa shape index (κ1) is 25.4. The van der Waals surface area contributed by atoms with E-state index in [9.17, 15) is 15.0 Å². The first-order chi connectivity index (χ1) is 16.6. The molecule has 4 fully saturated rings. The Morgan fingerprint density at radius 2 is 1.91 bits per heavy atom. The summed E-state index contributed by atoms with van der Waals surface area (Å²) in [6.07, 6.45) is 9.04. The van der Waals surface area contributed by atoms with Crippen molar-refractivity contribution >= 4 is 5.97 Å². The number of hydrogen-bond acceptors (Lipinski definition) is 6. The standard InChI is InChI=1S/C29H44O6/c1-6-18-8-10-22-21-9-7-19-15-20(11-13-29(19,5)23(21)12-14-28(18,22)4)35-27-25(32)24(31)26(16(2)33-27)34-17(3)30/h6-7,16,18,20-27,31-32H,1,8-15H2,2-5H3/t16?,18-,20-,21-,22-,23-,24?,25?,26?,27?,28+,29-/m0/s1. The largest absolute Gasteiger partial charge is 0.457 e. The lowest BCUT2D eigenvalue weighted by molar-refractivity contribution is -0.307. The van der Waals surface area contributed by atoms with Crippen LogP contribution in [0.1, 0.15) is 79.1 Å². The van der Waals surface area contributed by atoms with Gasteiger partial charge in [0.25, 0.3) is 0 Å². The lowest BCUT2D eigenvalue weighted by Gasteiger charge is -2.58. The molecule has 0 aromatic carbocycles. The molecule has 1 heterocycles. The van der Waals surface area contributed by atoms with Gasteiger partial charge in [0.2, 0.25) is 0 Å². The summed E-state index contributed by atoms with van der Waals surface area (Å²) in [5.41, 5.74) is 2.14. The van der Waals surface area contributed by atoms with E-state index in [1.165, 1.54) is 38.2 Å². The van der Waals surface area contributed by atoms with E-state index in [-0.39, 0.29) is 11.5 Å². The van der Waals surface area contributed by atoms with Crippen molar-refractivity contribution < 1.29 is 29.2 Å².